The van der Waals surface area contributed by atoms with E-state index in [1.165, 1.54) is 26.9 Å². The zero-order valence-corrected chi connectivity index (χ0v) is 26.1. The summed E-state index contributed by atoms with van der Waals surface area (Å²) in [4.78, 5) is 14.5. The van der Waals surface area contributed by atoms with Crippen molar-refractivity contribution in [1.29, 1.82) is 0 Å². The van der Waals surface area contributed by atoms with Crippen molar-refractivity contribution in [3.05, 3.63) is 182 Å². The summed E-state index contributed by atoms with van der Waals surface area (Å²) in [5.74, 6) is 0.702. The second-order valence-electron chi connectivity index (χ2n) is 11.9. The van der Waals surface area contributed by atoms with Gasteiger partial charge in [-0.1, -0.05) is 109 Å². The van der Waals surface area contributed by atoms with Crippen molar-refractivity contribution in [2.24, 2.45) is 0 Å². The molecule has 0 atom stereocenters. The predicted molar refractivity (Wildman–Crippen MR) is 201 cm³/mol. The normalized spacial score (nSPS) is 11.3. The molecule has 8 aromatic carbocycles. The van der Waals surface area contributed by atoms with Crippen molar-refractivity contribution in [2.45, 2.75) is 0 Å². The fourth-order valence-electron chi connectivity index (χ4n) is 6.93. The average molecular weight is 615 g/mol. The summed E-state index contributed by atoms with van der Waals surface area (Å²) in [6, 6.07) is 59.7. The van der Waals surface area contributed by atoms with Gasteiger partial charge in [-0.25, -0.2) is 9.97 Å². The van der Waals surface area contributed by atoms with Crippen molar-refractivity contribution in [2.75, 3.05) is 9.80 Å². The molecule has 1 heterocycles. The molecule has 0 bridgehead atoms. The molecule has 0 unspecified atom stereocenters. The van der Waals surface area contributed by atoms with Gasteiger partial charge in [0.1, 0.15) is 0 Å². The molecule has 0 amide bonds. The Hall–Kier alpha value is -6.52. The minimum atomic E-state index is 0.702. The van der Waals surface area contributed by atoms with Crippen LogP contribution in [0.5, 0.6) is 0 Å². The van der Waals surface area contributed by atoms with Crippen LogP contribution in [0.2, 0.25) is 0 Å². The quantitative estimate of drug-likeness (QED) is 0.167. The Balaban J connectivity index is 1.20. The minimum absolute atomic E-state index is 0.702. The molecule has 0 aliphatic heterocycles. The zero-order chi connectivity index (χ0) is 31.9. The first kappa shape index (κ1) is 27.8. The van der Waals surface area contributed by atoms with Gasteiger partial charge in [0.25, 0.3) is 0 Å². The highest BCUT2D eigenvalue weighted by Crippen LogP contribution is 2.45. The van der Waals surface area contributed by atoms with E-state index in [-0.39, 0.29) is 0 Å². The monoisotopic (exact) mass is 614 g/mol. The van der Waals surface area contributed by atoms with E-state index >= 15 is 0 Å². The highest BCUT2D eigenvalue weighted by molar-refractivity contribution is 6.27. The number of nitrogens with zero attached hydrogens (tertiary/aromatic N) is 4. The molecule has 9 aromatic rings. The molecule has 226 valence electrons. The molecule has 4 heteroatoms. The highest BCUT2D eigenvalue weighted by Gasteiger charge is 2.20. The number of anilines is 6. The van der Waals surface area contributed by atoms with Crippen LogP contribution in [0.25, 0.3) is 43.7 Å². The molecule has 0 saturated carbocycles. The van der Waals surface area contributed by atoms with Gasteiger partial charge in [-0.15, -0.1) is 0 Å². The van der Waals surface area contributed by atoms with Crippen LogP contribution in [-0.2, 0) is 0 Å². The van der Waals surface area contributed by atoms with Crippen molar-refractivity contribution < 1.29 is 0 Å². The van der Waals surface area contributed by atoms with Crippen molar-refractivity contribution >= 4 is 66.4 Å². The van der Waals surface area contributed by atoms with Crippen LogP contribution in [0.4, 0.5) is 34.1 Å². The first-order chi connectivity index (χ1) is 23.8. The molecule has 0 aliphatic rings. The first-order valence-electron chi connectivity index (χ1n) is 16.2. The Bertz CT molecular complexity index is 2400. The van der Waals surface area contributed by atoms with Gasteiger partial charge in [0, 0.05) is 33.7 Å². The summed E-state index contributed by atoms with van der Waals surface area (Å²) >= 11 is 0. The van der Waals surface area contributed by atoms with Crippen LogP contribution in [0.3, 0.4) is 0 Å². The third-order valence-electron chi connectivity index (χ3n) is 9.08. The molecule has 0 aliphatic carbocycles. The van der Waals surface area contributed by atoms with E-state index in [2.05, 4.69) is 168 Å². The highest BCUT2D eigenvalue weighted by atomic mass is 15.2. The van der Waals surface area contributed by atoms with Gasteiger partial charge in [-0.3, -0.25) is 0 Å². The number of rotatable bonds is 7. The van der Waals surface area contributed by atoms with Gasteiger partial charge in [-0.05, 0) is 87.6 Å². The van der Waals surface area contributed by atoms with Crippen LogP contribution in [0, 0.1) is 0 Å². The zero-order valence-electron chi connectivity index (χ0n) is 26.1. The summed E-state index contributed by atoms with van der Waals surface area (Å²) in [5.41, 5.74) is 7.41. The molecule has 1 aromatic heterocycles. The van der Waals surface area contributed by atoms with E-state index in [1.807, 2.05) is 24.5 Å². The van der Waals surface area contributed by atoms with Crippen LogP contribution in [0.15, 0.2) is 182 Å². The van der Waals surface area contributed by atoms with E-state index in [1.54, 1.807) is 0 Å². The van der Waals surface area contributed by atoms with Crippen molar-refractivity contribution in [3.63, 3.8) is 0 Å². The molecular weight excluding hydrogens is 585 g/mol. The second-order valence-corrected chi connectivity index (χ2v) is 11.9. The number of aromatic nitrogens is 2. The summed E-state index contributed by atoms with van der Waals surface area (Å²) in [6.45, 7) is 0. The minimum Gasteiger partial charge on any atom is -0.310 e. The lowest BCUT2D eigenvalue weighted by Gasteiger charge is -2.27. The fourth-order valence-corrected chi connectivity index (χ4v) is 6.93. The topological polar surface area (TPSA) is 32.3 Å². The predicted octanol–water partition coefficient (Wildman–Crippen LogP) is 12.0. The van der Waals surface area contributed by atoms with Gasteiger partial charge in [0.05, 0.1) is 23.8 Å². The molecular formula is C44H30N4. The Morgan fingerprint density at radius 3 is 1.27 bits per heavy atom. The third kappa shape index (κ3) is 4.70. The van der Waals surface area contributed by atoms with Crippen LogP contribution >= 0.6 is 0 Å². The van der Waals surface area contributed by atoms with Gasteiger partial charge in [0.15, 0.2) is 5.82 Å². The van der Waals surface area contributed by atoms with Crippen LogP contribution in [-0.4, -0.2) is 9.97 Å². The average Bonchev–Trinajstić information content (AvgIpc) is 3.16. The van der Waals surface area contributed by atoms with Gasteiger partial charge >= 0.3 is 0 Å². The van der Waals surface area contributed by atoms with Crippen molar-refractivity contribution in [3.8, 4) is 11.4 Å². The summed E-state index contributed by atoms with van der Waals surface area (Å²) in [7, 11) is 0. The van der Waals surface area contributed by atoms with E-state index in [9.17, 15) is 0 Å². The lowest BCUT2D eigenvalue weighted by Crippen LogP contribution is -2.10. The standard InChI is InChI=1S/C44H30N4/c1-5-13-33(14-6-1)47(34-15-7-2-8-16-34)37-29-45-44(46-30-37)39-26-22-31-23-27-40-41(28-24-32-21-25-38(39)42(31)43(32)40)48(35-17-9-3-10-18-35)36-19-11-4-12-20-36/h1-30H. The SMILES string of the molecule is c1ccc(N(c2ccccc2)c2cnc(-c3ccc4ccc5c(N(c6ccccc6)c6ccccc6)ccc6ccc3c4c65)nc2)cc1. The van der Waals surface area contributed by atoms with E-state index in [0.29, 0.717) is 5.82 Å². The Morgan fingerprint density at radius 2 is 0.750 bits per heavy atom. The maximum Gasteiger partial charge on any atom is 0.159 e. The van der Waals surface area contributed by atoms with Gasteiger partial charge < -0.3 is 9.80 Å². The fraction of sp³-hybridized carbons (Fsp3) is 0. The smallest absolute Gasteiger partial charge is 0.159 e. The summed E-state index contributed by atoms with van der Waals surface area (Å²) < 4.78 is 0. The largest absolute Gasteiger partial charge is 0.310 e. The lowest BCUT2D eigenvalue weighted by molar-refractivity contribution is 1.14. The Kier molecular flexibility index (Phi) is 6.76. The van der Waals surface area contributed by atoms with E-state index < -0.39 is 0 Å². The first-order valence-corrected chi connectivity index (χ1v) is 16.2. The lowest BCUT2D eigenvalue weighted by atomic mass is 9.90. The van der Waals surface area contributed by atoms with Gasteiger partial charge in [-0.2, -0.15) is 0 Å². The van der Waals surface area contributed by atoms with Gasteiger partial charge in [0.2, 0.25) is 0 Å². The summed E-state index contributed by atoms with van der Waals surface area (Å²) in [6.07, 6.45) is 3.85. The number of hydrogen-bond acceptors (Lipinski definition) is 4. The molecule has 9 rings (SSSR count). The molecule has 0 spiro atoms. The maximum absolute atomic E-state index is 4.97. The second kappa shape index (κ2) is 11.7. The van der Waals surface area contributed by atoms with Crippen LogP contribution in [0.1, 0.15) is 0 Å². The molecule has 0 N–H and O–H groups in total. The van der Waals surface area contributed by atoms with E-state index in [4.69, 9.17) is 9.97 Å². The number of hydrogen-bond donors (Lipinski definition) is 0. The number of benzene rings is 8. The molecule has 0 radical (unpaired) electrons. The maximum atomic E-state index is 4.97. The van der Waals surface area contributed by atoms with Crippen molar-refractivity contribution in [1.82, 2.24) is 9.97 Å². The molecule has 4 nitrogen and oxygen atoms in total. The number of para-hydroxylation sites is 4. The Morgan fingerprint density at radius 1 is 0.333 bits per heavy atom. The Labute approximate surface area is 279 Å². The van der Waals surface area contributed by atoms with Crippen LogP contribution < -0.4 is 9.80 Å². The third-order valence-corrected chi connectivity index (χ3v) is 9.08. The molecule has 0 fully saturated rings. The molecule has 48 heavy (non-hydrogen) atoms. The van der Waals surface area contributed by atoms with E-state index in [0.717, 1.165) is 45.1 Å². The summed E-state index contributed by atoms with van der Waals surface area (Å²) in [5, 5.41) is 7.23. The molecule has 0 saturated heterocycles.